The number of fused-ring (bicyclic) bond motifs is 1. The number of hydrogen-bond acceptors (Lipinski definition) is 4. The molecule has 1 saturated heterocycles. The second-order valence-electron chi connectivity index (χ2n) is 6.87. The first-order valence-corrected chi connectivity index (χ1v) is 8.59. The Kier molecular flexibility index (Phi) is 3.84. The summed E-state index contributed by atoms with van der Waals surface area (Å²) in [5.41, 5.74) is 0.786. The number of amides is 3. The molecular formula is C18H21N3O3. The summed E-state index contributed by atoms with van der Waals surface area (Å²) >= 11 is 0. The van der Waals surface area contributed by atoms with Gasteiger partial charge in [-0.1, -0.05) is 12.1 Å². The van der Waals surface area contributed by atoms with Crippen LogP contribution in [-0.2, 0) is 4.79 Å². The first-order chi connectivity index (χ1) is 11.6. The van der Waals surface area contributed by atoms with E-state index in [1.807, 2.05) is 0 Å². The molecule has 24 heavy (non-hydrogen) atoms. The smallest absolute Gasteiger partial charge is 0.262 e. The van der Waals surface area contributed by atoms with Crippen molar-refractivity contribution in [1.29, 1.82) is 0 Å². The zero-order valence-electron chi connectivity index (χ0n) is 13.6. The van der Waals surface area contributed by atoms with Crippen LogP contribution in [0.4, 0.5) is 0 Å². The molecule has 2 aliphatic heterocycles. The SMILES string of the molecule is O=C(CN1C(=O)c2ccccc2C1=O)N1CCN(CC2CC2)CC1. The van der Waals surface area contributed by atoms with Crippen LogP contribution >= 0.6 is 0 Å². The molecule has 0 radical (unpaired) electrons. The van der Waals surface area contributed by atoms with Crippen LogP contribution in [0.2, 0.25) is 0 Å². The quantitative estimate of drug-likeness (QED) is 0.769. The minimum absolute atomic E-state index is 0.143. The number of hydrogen-bond donors (Lipinski definition) is 0. The summed E-state index contributed by atoms with van der Waals surface area (Å²) < 4.78 is 0. The van der Waals surface area contributed by atoms with E-state index >= 15 is 0 Å². The van der Waals surface area contributed by atoms with E-state index in [0.717, 1.165) is 30.5 Å². The third kappa shape index (κ3) is 2.82. The molecule has 4 rings (SSSR count). The lowest BCUT2D eigenvalue weighted by molar-refractivity contribution is -0.133. The lowest BCUT2D eigenvalue weighted by Gasteiger charge is -2.35. The molecule has 0 aromatic heterocycles. The molecule has 3 aliphatic rings. The minimum atomic E-state index is -0.365. The van der Waals surface area contributed by atoms with E-state index in [9.17, 15) is 14.4 Å². The van der Waals surface area contributed by atoms with Crippen molar-refractivity contribution in [2.75, 3.05) is 39.3 Å². The van der Waals surface area contributed by atoms with Crippen LogP contribution in [0.5, 0.6) is 0 Å². The van der Waals surface area contributed by atoms with E-state index in [4.69, 9.17) is 0 Å². The predicted molar refractivity (Wildman–Crippen MR) is 87.6 cm³/mol. The summed E-state index contributed by atoms with van der Waals surface area (Å²) in [6.07, 6.45) is 2.66. The Morgan fingerprint density at radius 3 is 2.08 bits per heavy atom. The van der Waals surface area contributed by atoms with E-state index in [1.54, 1.807) is 29.2 Å². The standard InChI is InChI=1S/C18H21N3O3/c22-16(20-9-7-19(8-10-20)11-13-5-6-13)12-21-17(23)14-3-1-2-4-15(14)18(21)24/h1-4,13H,5-12H2. The molecule has 0 spiro atoms. The number of imide groups is 1. The monoisotopic (exact) mass is 327 g/mol. The number of benzene rings is 1. The van der Waals surface area contributed by atoms with E-state index in [0.29, 0.717) is 24.2 Å². The maximum atomic E-state index is 12.5. The number of nitrogens with zero attached hydrogens (tertiary/aromatic N) is 3. The normalized spacial score (nSPS) is 21.3. The van der Waals surface area contributed by atoms with E-state index in [-0.39, 0.29) is 24.3 Å². The molecule has 1 aromatic rings. The third-order valence-electron chi connectivity index (χ3n) is 5.11. The summed E-state index contributed by atoms with van der Waals surface area (Å²) in [6.45, 7) is 4.09. The van der Waals surface area contributed by atoms with Crippen LogP contribution in [0.3, 0.4) is 0 Å². The highest BCUT2D eigenvalue weighted by Gasteiger charge is 2.37. The van der Waals surface area contributed by atoms with Gasteiger partial charge in [-0.25, -0.2) is 0 Å². The van der Waals surface area contributed by atoms with Gasteiger partial charge in [-0.3, -0.25) is 24.2 Å². The number of rotatable bonds is 4. The highest BCUT2D eigenvalue weighted by Crippen LogP contribution is 2.30. The predicted octanol–water partition coefficient (Wildman–Crippen LogP) is 0.837. The van der Waals surface area contributed by atoms with Gasteiger partial charge in [0.2, 0.25) is 5.91 Å². The van der Waals surface area contributed by atoms with Crippen LogP contribution in [0, 0.1) is 5.92 Å². The molecule has 3 amide bonds. The Hall–Kier alpha value is -2.21. The van der Waals surface area contributed by atoms with Crippen LogP contribution < -0.4 is 0 Å². The van der Waals surface area contributed by atoms with Gasteiger partial charge in [0.1, 0.15) is 6.54 Å². The maximum absolute atomic E-state index is 12.5. The molecule has 1 saturated carbocycles. The highest BCUT2D eigenvalue weighted by molar-refractivity contribution is 6.22. The maximum Gasteiger partial charge on any atom is 0.262 e. The van der Waals surface area contributed by atoms with Gasteiger partial charge in [-0.05, 0) is 30.9 Å². The fourth-order valence-electron chi connectivity index (χ4n) is 3.46. The fraction of sp³-hybridized carbons (Fsp3) is 0.500. The Balaban J connectivity index is 1.35. The number of carbonyl (C=O) groups is 3. The molecule has 1 aromatic carbocycles. The molecule has 0 bridgehead atoms. The molecule has 2 heterocycles. The number of carbonyl (C=O) groups excluding carboxylic acids is 3. The Labute approximate surface area is 141 Å². The molecule has 6 heteroatoms. The first-order valence-electron chi connectivity index (χ1n) is 8.59. The zero-order valence-corrected chi connectivity index (χ0v) is 13.6. The summed E-state index contributed by atoms with van der Waals surface area (Å²) in [4.78, 5) is 42.4. The zero-order chi connectivity index (χ0) is 16.7. The average molecular weight is 327 g/mol. The van der Waals surface area contributed by atoms with Crippen molar-refractivity contribution in [3.63, 3.8) is 0 Å². The van der Waals surface area contributed by atoms with Gasteiger partial charge in [0.15, 0.2) is 0 Å². The molecule has 1 aliphatic carbocycles. The van der Waals surface area contributed by atoms with Gasteiger partial charge in [0.25, 0.3) is 11.8 Å². The van der Waals surface area contributed by atoms with Gasteiger partial charge in [0.05, 0.1) is 11.1 Å². The summed E-state index contributed by atoms with van der Waals surface area (Å²) in [6, 6.07) is 6.73. The van der Waals surface area contributed by atoms with Crippen LogP contribution in [0.25, 0.3) is 0 Å². The average Bonchev–Trinajstić information content (AvgIpc) is 3.39. The molecule has 0 N–H and O–H groups in total. The summed E-state index contributed by atoms with van der Waals surface area (Å²) in [5.74, 6) is -0.0196. The van der Waals surface area contributed by atoms with Crippen molar-refractivity contribution in [3.05, 3.63) is 35.4 Å². The largest absolute Gasteiger partial charge is 0.339 e. The van der Waals surface area contributed by atoms with Crippen molar-refractivity contribution in [2.45, 2.75) is 12.8 Å². The van der Waals surface area contributed by atoms with E-state index in [1.165, 1.54) is 12.8 Å². The number of piperazine rings is 1. The fourth-order valence-corrected chi connectivity index (χ4v) is 3.46. The van der Waals surface area contributed by atoms with Crippen LogP contribution in [-0.4, -0.2) is 71.7 Å². The summed E-state index contributed by atoms with van der Waals surface area (Å²) in [5, 5.41) is 0. The molecule has 126 valence electrons. The Morgan fingerprint density at radius 1 is 0.958 bits per heavy atom. The second kappa shape index (κ2) is 6.02. The molecule has 0 unspecified atom stereocenters. The molecular weight excluding hydrogens is 306 g/mol. The minimum Gasteiger partial charge on any atom is -0.339 e. The van der Waals surface area contributed by atoms with Crippen LogP contribution in [0.1, 0.15) is 33.6 Å². The third-order valence-corrected chi connectivity index (χ3v) is 5.11. The molecule has 6 nitrogen and oxygen atoms in total. The van der Waals surface area contributed by atoms with Gasteiger partial charge in [-0.15, -0.1) is 0 Å². The van der Waals surface area contributed by atoms with Gasteiger partial charge in [-0.2, -0.15) is 0 Å². The van der Waals surface area contributed by atoms with Crippen molar-refractivity contribution in [1.82, 2.24) is 14.7 Å². The van der Waals surface area contributed by atoms with E-state index < -0.39 is 0 Å². The first kappa shape index (κ1) is 15.3. The highest BCUT2D eigenvalue weighted by atomic mass is 16.2. The lowest BCUT2D eigenvalue weighted by atomic mass is 10.1. The van der Waals surface area contributed by atoms with Crippen molar-refractivity contribution < 1.29 is 14.4 Å². The molecule has 0 atom stereocenters. The van der Waals surface area contributed by atoms with Crippen molar-refractivity contribution in [2.24, 2.45) is 5.92 Å². The second-order valence-corrected chi connectivity index (χ2v) is 6.87. The Morgan fingerprint density at radius 2 is 1.54 bits per heavy atom. The topological polar surface area (TPSA) is 60.9 Å². The van der Waals surface area contributed by atoms with Crippen molar-refractivity contribution >= 4 is 17.7 Å². The van der Waals surface area contributed by atoms with Crippen molar-refractivity contribution in [3.8, 4) is 0 Å². The molecule has 2 fully saturated rings. The van der Waals surface area contributed by atoms with E-state index in [2.05, 4.69) is 4.90 Å². The van der Waals surface area contributed by atoms with Gasteiger partial charge in [0, 0.05) is 32.7 Å². The Bertz CT molecular complexity index is 656. The van der Waals surface area contributed by atoms with Gasteiger partial charge >= 0.3 is 0 Å². The van der Waals surface area contributed by atoms with Gasteiger partial charge < -0.3 is 4.90 Å². The lowest BCUT2D eigenvalue weighted by Crippen LogP contribution is -2.52. The summed E-state index contributed by atoms with van der Waals surface area (Å²) in [7, 11) is 0. The van der Waals surface area contributed by atoms with Crippen LogP contribution in [0.15, 0.2) is 24.3 Å².